The molecule has 0 unspecified atom stereocenters. The second-order valence-corrected chi connectivity index (χ2v) is 6.06. The third kappa shape index (κ3) is 3.60. The lowest BCUT2D eigenvalue weighted by molar-refractivity contribution is 0.102. The summed E-state index contributed by atoms with van der Waals surface area (Å²) < 4.78 is 5.38. The Balaban J connectivity index is 1.74. The number of benzene rings is 2. The number of anilines is 2. The van der Waals surface area contributed by atoms with E-state index in [0.717, 1.165) is 55.2 Å². The minimum atomic E-state index is -0.0625. The third-order valence-electron chi connectivity index (χ3n) is 4.48. The first-order valence-electron chi connectivity index (χ1n) is 8.51. The molecule has 1 aliphatic heterocycles. The predicted molar refractivity (Wildman–Crippen MR) is 98.0 cm³/mol. The van der Waals surface area contributed by atoms with Crippen LogP contribution in [0.4, 0.5) is 11.4 Å². The van der Waals surface area contributed by atoms with Gasteiger partial charge in [0.25, 0.3) is 5.91 Å². The Morgan fingerprint density at radius 2 is 1.83 bits per heavy atom. The van der Waals surface area contributed by atoms with Crippen LogP contribution < -0.4 is 10.2 Å². The van der Waals surface area contributed by atoms with E-state index in [9.17, 15) is 4.79 Å². The first kappa shape index (κ1) is 16.5. The number of amides is 1. The quantitative estimate of drug-likeness (QED) is 0.933. The number of morpholine rings is 1. The van der Waals surface area contributed by atoms with E-state index in [2.05, 4.69) is 23.2 Å². The van der Waals surface area contributed by atoms with E-state index in [1.54, 1.807) is 0 Å². The van der Waals surface area contributed by atoms with Crippen molar-refractivity contribution in [3.8, 4) is 0 Å². The first-order valence-corrected chi connectivity index (χ1v) is 8.51. The number of carbonyl (C=O) groups is 1. The average molecular weight is 324 g/mol. The molecule has 0 bridgehead atoms. The Morgan fingerprint density at radius 1 is 1.12 bits per heavy atom. The van der Waals surface area contributed by atoms with Crippen LogP contribution in [0.3, 0.4) is 0 Å². The Hall–Kier alpha value is -2.33. The topological polar surface area (TPSA) is 41.6 Å². The lowest BCUT2D eigenvalue weighted by Crippen LogP contribution is -2.36. The van der Waals surface area contributed by atoms with Crippen molar-refractivity contribution < 1.29 is 9.53 Å². The highest BCUT2D eigenvalue weighted by atomic mass is 16.5. The van der Waals surface area contributed by atoms with E-state index in [1.807, 2.05) is 43.3 Å². The van der Waals surface area contributed by atoms with Gasteiger partial charge < -0.3 is 15.0 Å². The monoisotopic (exact) mass is 324 g/mol. The Morgan fingerprint density at radius 3 is 2.50 bits per heavy atom. The summed E-state index contributed by atoms with van der Waals surface area (Å²) in [4.78, 5) is 14.9. The molecule has 2 aromatic rings. The highest BCUT2D eigenvalue weighted by Gasteiger charge is 2.13. The Kier molecular flexibility index (Phi) is 5.16. The first-order chi connectivity index (χ1) is 11.7. The van der Waals surface area contributed by atoms with E-state index in [-0.39, 0.29) is 5.91 Å². The van der Waals surface area contributed by atoms with Gasteiger partial charge in [0.2, 0.25) is 0 Å². The lowest BCUT2D eigenvalue weighted by atomic mass is 10.1. The van der Waals surface area contributed by atoms with E-state index in [4.69, 9.17) is 4.74 Å². The number of nitrogens with one attached hydrogen (secondary N) is 1. The molecule has 1 fully saturated rings. The maximum Gasteiger partial charge on any atom is 0.255 e. The molecular formula is C20H24N2O2. The van der Waals surface area contributed by atoms with Crippen molar-refractivity contribution in [3.05, 3.63) is 59.2 Å². The van der Waals surface area contributed by atoms with Crippen molar-refractivity contribution in [1.82, 2.24) is 0 Å². The molecule has 0 atom stereocenters. The lowest BCUT2D eigenvalue weighted by Gasteiger charge is -2.28. The number of carbonyl (C=O) groups excluding carboxylic acids is 1. The molecule has 4 nitrogen and oxygen atoms in total. The van der Waals surface area contributed by atoms with E-state index >= 15 is 0 Å². The number of rotatable bonds is 4. The van der Waals surface area contributed by atoms with Crippen LogP contribution in [-0.4, -0.2) is 32.2 Å². The maximum absolute atomic E-state index is 12.6. The van der Waals surface area contributed by atoms with Crippen LogP contribution in [0.5, 0.6) is 0 Å². The number of para-hydroxylation sites is 1. The van der Waals surface area contributed by atoms with Crippen LogP contribution in [0, 0.1) is 6.92 Å². The smallest absolute Gasteiger partial charge is 0.255 e. The summed E-state index contributed by atoms with van der Waals surface area (Å²) >= 11 is 0. The second kappa shape index (κ2) is 7.49. The van der Waals surface area contributed by atoms with Gasteiger partial charge in [-0.3, -0.25) is 4.79 Å². The second-order valence-electron chi connectivity index (χ2n) is 6.06. The van der Waals surface area contributed by atoms with Crippen LogP contribution >= 0.6 is 0 Å². The molecule has 0 aliphatic carbocycles. The fourth-order valence-corrected chi connectivity index (χ4v) is 3.03. The molecule has 1 saturated heterocycles. The van der Waals surface area contributed by atoms with Crippen LogP contribution in [-0.2, 0) is 11.2 Å². The van der Waals surface area contributed by atoms with Crippen molar-refractivity contribution >= 4 is 17.3 Å². The molecular weight excluding hydrogens is 300 g/mol. The van der Waals surface area contributed by atoms with Crippen LogP contribution in [0.15, 0.2) is 42.5 Å². The van der Waals surface area contributed by atoms with Gasteiger partial charge in [-0.05, 0) is 48.7 Å². The molecule has 0 saturated carbocycles. The molecule has 2 aromatic carbocycles. The van der Waals surface area contributed by atoms with Crippen molar-refractivity contribution in [2.45, 2.75) is 20.3 Å². The van der Waals surface area contributed by atoms with Gasteiger partial charge in [-0.2, -0.15) is 0 Å². The summed E-state index contributed by atoms with van der Waals surface area (Å²) in [6.45, 7) is 7.44. The highest BCUT2D eigenvalue weighted by Crippen LogP contribution is 2.23. The molecule has 1 N–H and O–H groups in total. The van der Waals surface area contributed by atoms with E-state index in [1.165, 1.54) is 0 Å². The Labute approximate surface area is 143 Å². The number of aryl methyl sites for hydroxylation is 2. The summed E-state index contributed by atoms with van der Waals surface area (Å²) in [5.74, 6) is -0.0625. The number of hydrogen-bond acceptors (Lipinski definition) is 3. The van der Waals surface area contributed by atoms with E-state index in [0.29, 0.717) is 5.56 Å². The van der Waals surface area contributed by atoms with Crippen LogP contribution in [0.25, 0.3) is 0 Å². The third-order valence-corrected chi connectivity index (χ3v) is 4.48. The van der Waals surface area contributed by atoms with Gasteiger partial charge in [-0.15, -0.1) is 0 Å². The van der Waals surface area contributed by atoms with Crippen molar-refractivity contribution in [1.29, 1.82) is 0 Å². The highest BCUT2D eigenvalue weighted by molar-refractivity contribution is 6.05. The molecule has 0 radical (unpaired) electrons. The van der Waals surface area contributed by atoms with Gasteiger partial charge in [0.15, 0.2) is 0 Å². The maximum atomic E-state index is 12.6. The minimum absolute atomic E-state index is 0.0625. The van der Waals surface area contributed by atoms with Crippen LogP contribution in [0.2, 0.25) is 0 Å². The summed E-state index contributed by atoms with van der Waals surface area (Å²) in [6, 6.07) is 13.9. The number of ether oxygens (including phenoxy) is 1. The largest absolute Gasteiger partial charge is 0.378 e. The van der Waals surface area contributed by atoms with Gasteiger partial charge in [-0.1, -0.05) is 25.1 Å². The fourth-order valence-electron chi connectivity index (χ4n) is 3.03. The zero-order valence-electron chi connectivity index (χ0n) is 14.3. The van der Waals surface area contributed by atoms with Crippen LogP contribution in [0.1, 0.15) is 28.4 Å². The summed E-state index contributed by atoms with van der Waals surface area (Å²) in [5.41, 5.74) is 5.00. The SMILES string of the molecule is CCc1cccc(C)c1NC(=O)c1ccc(N2CCOCC2)cc1. The van der Waals surface area contributed by atoms with Crippen molar-refractivity contribution in [3.63, 3.8) is 0 Å². The standard InChI is InChI=1S/C20H24N2O2/c1-3-16-6-4-5-15(2)19(16)21-20(23)17-7-9-18(10-8-17)22-11-13-24-14-12-22/h4-10H,3,11-14H2,1-2H3,(H,21,23). The van der Waals surface area contributed by atoms with Gasteiger partial charge in [0, 0.05) is 30.0 Å². The van der Waals surface area contributed by atoms with E-state index < -0.39 is 0 Å². The molecule has 1 aliphatic rings. The molecule has 126 valence electrons. The molecule has 4 heteroatoms. The molecule has 0 spiro atoms. The Bertz CT molecular complexity index is 704. The summed E-state index contributed by atoms with van der Waals surface area (Å²) in [7, 11) is 0. The molecule has 1 amide bonds. The number of nitrogens with zero attached hydrogens (tertiary/aromatic N) is 1. The fraction of sp³-hybridized carbons (Fsp3) is 0.350. The van der Waals surface area contributed by atoms with Gasteiger partial charge in [0.1, 0.15) is 0 Å². The predicted octanol–water partition coefficient (Wildman–Crippen LogP) is 3.65. The molecule has 1 heterocycles. The van der Waals surface area contributed by atoms with Gasteiger partial charge in [0.05, 0.1) is 13.2 Å². The molecule has 24 heavy (non-hydrogen) atoms. The van der Waals surface area contributed by atoms with Gasteiger partial charge >= 0.3 is 0 Å². The zero-order chi connectivity index (χ0) is 16.9. The van der Waals surface area contributed by atoms with Crippen molar-refractivity contribution in [2.75, 3.05) is 36.5 Å². The minimum Gasteiger partial charge on any atom is -0.378 e. The van der Waals surface area contributed by atoms with Gasteiger partial charge in [-0.25, -0.2) is 0 Å². The number of hydrogen-bond donors (Lipinski definition) is 1. The molecule has 3 rings (SSSR count). The summed E-state index contributed by atoms with van der Waals surface area (Å²) in [5, 5.41) is 3.07. The summed E-state index contributed by atoms with van der Waals surface area (Å²) in [6.07, 6.45) is 0.896. The molecule has 0 aromatic heterocycles. The van der Waals surface area contributed by atoms with Crippen molar-refractivity contribution in [2.24, 2.45) is 0 Å². The average Bonchev–Trinajstić information content (AvgIpc) is 2.64. The normalized spacial score (nSPS) is 14.5. The zero-order valence-corrected chi connectivity index (χ0v) is 14.3.